The molecule has 8 heteroatoms. The predicted octanol–water partition coefficient (Wildman–Crippen LogP) is 9.44. The number of hydrogen-bond acceptors (Lipinski definition) is 6. The van der Waals surface area contributed by atoms with E-state index in [9.17, 15) is 9.46 Å². The Kier molecular flexibility index (Phi) is 18.3. The first-order chi connectivity index (χ1) is 24.7. The van der Waals surface area contributed by atoms with E-state index in [1.807, 2.05) is 48.5 Å². The molecule has 0 amide bonds. The molecule has 0 N–H and O–H groups in total. The van der Waals surface area contributed by atoms with Crippen molar-refractivity contribution >= 4 is 30.1 Å². The van der Waals surface area contributed by atoms with E-state index in [4.69, 9.17) is 18.5 Å². The van der Waals surface area contributed by atoms with Crippen LogP contribution in [0.4, 0.5) is 0 Å². The molecule has 272 valence electrons. The number of ether oxygens (including phenoxy) is 2. The van der Waals surface area contributed by atoms with Gasteiger partial charge in [0.2, 0.25) is 0 Å². The Balaban J connectivity index is 0.00000729. The summed E-state index contributed by atoms with van der Waals surface area (Å²) < 4.78 is 35.4. The van der Waals surface area contributed by atoms with Crippen molar-refractivity contribution in [1.82, 2.24) is 0 Å². The van der Waals surface area contributed by atoms with Gasteiger partial charge in [-0.3, -0.25) is 0 Å². The number of rotatable bonds is 20. The Labute approximate surface area is 334 Å². The van der Waals surface area contributed by atoms with Crippen LogP contribution in [0, 0.1) is 0 Å². The van der Waals surface area contributed by atoms with Gasteiger partial charge in [-0.05, 0) is 132 Å². The van der Waals surface area contributed by atoms with Gasteiger partial charge < -0.3 is 23.4 Å². The average Bonchev–Trinajstić information content (AvgIpc) is 3.14. The third kappa shape index (κ3) is 12.4. The van der Waals surface area contributed by atoms with Crippen LogP contribution in [-0.2, 0) is 4.57 Å². The zero-order chi connectivity index (χ0) is 36.6. The molecule has 52 heavy (non-hydrogen) atoms. The normalized spacial score (nSPS) is 13.2. The van der Waals surface area contributed by atoms with Crippen LogP contribution < -0.4 is 53.0 Å². The molecule has 0 fully saturated rings. The molecular weight excluding hydrogens is 678 g/mol. The minimum Gasteiger partial charge on any atom is -0.736 e. The molecule has 4 rings (SSSR count). The largest absolute Gasteiger partial charge is 1.00 e. The molecule has 4 aromatic rings. The topological polar surface area (TPSA) is 77.1 Å². The third-order valence-corrected chi connectivity index (χ3v) is 9.79. The molecule has 0 saturated heterocycles. The summed E-state index contributed by atoms with van der Waals surface area (Å²) in [5.74, 6) is 2.14. The molecule has 0 aromatic heterocycles. The molecule has 0 spiro atoms. The van der Waals surface area contributed by atoms with Crippen LogP contribution in [0.5, 0.6) is 23.0 Å². The minimum atomic E-state index is -4.70. The Morgan fingerprint density at radius 1 is 0.462 bits per heavy atom. The Morgan fingerprint density at radius 3 is 0.942 bits per heavy atom. The van der Waals surface area contributed by atoms with E-state index in [-0.39, 0.29) is 41.1 Å². The van der Waals surface area contributed by atoms with Crippen molar-refractivity contribution in [3.05, 3.63) is 119 Å². The van der Waals surface area contributed by atoms with Gasteiger partial charge >= 0.3 is 37.4 Å². The van der Waals surface area contributed by atoms with Gasteiger partial charge in [0, 0.05) is 0 Å². The summed E-state index contributed by atoms with van der Waals surface area (Å²) in [6.07, 6.45) is 7.64. The summed E-state index contributed by atoms with van der Waals surface area (Å²) in [6, 6.07) is 30.8. The number of phosphoric ester groups is 1. The van der Waals surface area contributed by atoms with Gasteiger partial charge in [0.1, 0.15) is 23.0 Å². The summed E-state index contributed by atoms with van der Waals surface area (Å²) in [6.45, 7) is 14.3. The van der Waals surface area contributed by atoms with Crippen molar-refractivity contribution in [2.24, 2.45) is 0 Å². The zero-order valence-corrected chi connectivity index (χ0v) is 35.1. The fourth-order valence-electron chi connectivity index (χ4n) is 6.25. The second-order valence-corrected chi connectivity index (χ2v) is 13.7. The van der Waals surface area contributed by atoms with Crippen LogP contribution >= 0.6 is 7.82 Å². The summed E-state index contributed by atoms with van der Waals surface area (Å²) in [5, 5.41) is 0. The second-order valence-electron chi connectivity index (χ2n) is 12.5. The van der Waals surface area contributed by atoms with Crippen molar-refractivity contribution in [3.63, 3.8) is 0 Å². The molecule has 0 unspecified atom stereocenters. The van der Waals surface area contributed by atoms with Crippen LogP contribution in [-0.4, -0.2) is 13.2 Å². The van der Waals surface area contributed by atoms with Crippen molar-refractivity contribution in [1.29, 1.82) is 0 Å². The molecule has 0 aliphatic carbocycles. The van der Waals surface area contributed by atoms with Gasteiger partial charge in [-0.2, -0.15) is 0 Å². The molecule has 0 heterocycles. The molecule has 6 nitrogen and oxygen atoms in total. The standard InChI is InChI=1S/C44H55O6P.Na/c1-7-13-31-47-37-23-15-33(16-24-37)41(9-3)43(11-5)35-19-27-39(28-20-35)49-51(45,46)50-40-29-21-36(22-30-40)44(12-6)42(10-4)34-17-25-38(26-18-34)48-32-14-8-2;/h15-30H,7-14,31-32H2,1-6H3,(H,45,46);/q;+1/p-1. The molecule has 0 atom stereocenters. The third-order valence-electron chi connectivity index (χ3n) is 8.92. The van der Waals surface area contributed by atoms with Gasteiger partial charge in [0.25, 0.3) is 0 Å². The summed E-state index contributed by atoms with van der Waals surface area (Å²) in [4.78, 5) is 13.0. The van der Waals surface area contributed by atoms with E-state index in [1.165, 1.54) is 22.3 Å². The molecule has 4 aromatic carbocycles. The van der Waals surface area contributed by atoms with E-state index in [1.54, 1.807) is 24.3 Å². The van der Waals surface area contributed by atoms with Gasteiger partial charge in [-0.15, -0.1) is 0 Å². The van der Waals surface area contributed by atoms with Crippen LogP contribution in [0.2, 0.25) is 0 Å². The SMILES string of the molecule is CCCCOc1ccc(C(CC)=C(CC)c2ccc(OP(=O)([O-])Oc3ccc(C(CC)=C(CC)c4ccc(OCCCC)cc4)cc3)cc2)cc1.[Na+]. The number of unbranched alkanes of at least 4 members (excludes halogenated alkanes) is 2. The Bertz CT molecular complexity index is 1630. The second kappa shape index (κ2) is 22.1. The Hall–Kier alpha value is -3.25. The van der Waals surface area contributed by atoms with Crippen molar-refractivity contribution < 1.29 is 57.5 Å². The van der Waals surface area contributed by atoms with Gasteiger partial charge in [-0.1, -0.05) is 103 Å². The van der Waals surface area contributed by atoms with Crippen LogP contribution in [0.25, 0.3) is 22.3 Å². The molecular formula is C44H54NaO6P. The fourth-order valence-corrected chi connectivity index (χ4v) is 7.05. The van der Waals surface area contributed by atoms with Crippen LogP contribution in [0.3, 0.4) is 0 Å². The molecule has 0 aliphatic rings. The first-order valence-corrected chi connectivity index (χ1v) is 20.0. The zero-order valence-electron chi connectivity index (χ0n) is 32.2. The summed E-state index contributed by atoms with van der Waals surface area (Å²) in [5.41, 5.74) is 9.21. The first kappa shape index (κ1) is 43.2. The smallest absolute Gasteiger partial charge is 0.736 e. The monoisotopic (exact) mass is 732 g/mol. The molecule has 0 aliphatic heterocycles. The number of hydrogen-bond donors (Lipinski definition) is 0. The number of phosphoric acid groups is 1. The first-order valence-electron chi connectivity index (χ1n) is 18.6. The quantitative estimate of drug-likeness (QED) is 0.0390. The van der Waals surface area contributed by atoms with E-state index >= 15 is 0 Å². The van der Waals surface area contributed by atoms with E-state index in [2.05, 4.69) is 65.8 Å². The van der Waals surface area contributed by atoms with E-state index in [0.717, 1.165) is 98.3 Å². The van der Waals surface area contributed by atoms with Gasteiger partial charge in [-0.25, -0.2) is 4.57 Å². The van der Waals surface area contributed by atoms with E-state index < -0.39 is 7.82 Å². The number of benzene rings is 4. The fraction of sp³-hybridized carbons (Fsp3) is 0.364. The minimum absolute atomic E-state index is 0. The van der Waals surface area contributed by atoms with E-state index in [0.29, 0.717) is 0 Å². The molecule has 0 bridgehead atoms. The maximum Gasteiger partial charge on any atom is 1.00 e. The molecule has 0 saturated carbocycles. The number of allylic oxidation sites excluding steroid dienone is 4. The van der Waals surface area contributed by atoms with Crippen LogP contribution in [0.15, 0.2) is 97.1 Å². The molecule has 0 radical (unpaired) electrons. The summed E-state index contributed by atoms with van der Waals surface area (Å²) in [7, 11) is -4.70. The Morgan fingerprint density at radius 2 is 0.712 bits per heavy atom. The van der Waals surface area contributed by atoms with Crippen molar-refractivity contribution in [2.75, 3.05) is 13.2 Å². The maximum atomic E-state index is 13.0. The summed E-state index contributed by atoms with van der Waals surface area (Å²) >= 11 is 0. The maximum absolute atomic E-state index is 13.0. The van der Waals surface area contributed by atoms with Crippen molar-refractivity contribution in [2.45, 2.75) is 92.9 Å². The van der Waals surface area contributed by atoms with Crippen molar-refractivity contribution in [3.8, 4) is 23.0 Å². The van der Waals surface area contributed by atoms with Gasteiger partial charge in [0.15, 0.2) is 0 Å². The average molecular weight is 733 g/mol. The van der Waals surface area contributed by atoms with Gasteiger partial charge in [0.05, 0.1) is 13.2 Å². The van der Waals surface area contributed by atoms with Crippen LogP contribution in [0.1, 0.15) is 115 Å². The predicted molar refractivity (Wildman–Crippen MR) is 210 cm³/mol.